The maximum atomic E-state index is 12.6. The highest BCUT2D eigenvalue weighted by molar-refractivity contribution is 7.86. The molecule has 1 aliphatic rings. The lowest BCUT2D eigenvalue weighted by atomic mass is 10.1. The Labute approximate surface area is 130 Å². The van der Waals surface area contributed by atoms with Crippen molar-refractivity contribution in [3.8, 4) is 5.69 Å². The van der Waals surface area contributed by atoms with Crippen LogP contribution in [-0.2, 0) is 29.4 Å². The van der Waals surface area contributed by atoms with Gasteiger partial charge in [-0.2, -0.15) is 31.0 Å². The van der Waals surface area contributed by atoms with Crippen molar-refractivity contribution in [2.45, 2.75) is 19.1 Å². The molecule has 0 amide bonds. The molecule has 10 heteroatoms. The van der Waals surface area contributed by atoms with Crippen molar-refractivity contribution < 1.29 is 21.6 Å². The molecule has 0 fully saturated rings. The zero-order valence-electron chi connectivity index (χ0n) is 11.8. The van der Waals surface area contributed by atoms with Crippen molar-refractivity contribution in [1.82, 2.24) is 14.1 Å². The van der Waals surface area contributed by atoms with Crippen LogP contribution in [0.2, 0.25) is 0 Å². The van der Waals surface area contributed by atoms with Gasteiger partial charge in [0.25, 0.3) is 10.2 Å². The monoisotopic (exact) mass is 346 g/mol. The highest BCUT2D eigenvalue weighted by Gasteiger charge is 2.30. The molecule has 124 valence electrons. The summed E-state index contributed by atoms with van der Waals surface area (Å²) in [6.45, 7) is 0.312. The van der Waals surface area contributed by atoms with Crippen LogP contribution in [0.25, 0.3) is 5.69 Å². The van der Waals surface area contributed by atoms with Crippen LogP contribution in [0.1, 0.15) is 16.8 Å². The number of alkyl halides is 3. The van der Waals surface area contributed by atoms with Gasteiger partial charge in [-0.1, -0.05) is 0 Å². The Morgan fingerprint density at radius 3 is 2.39 bits per heavy atom. The first-order valence-corrected chi connectivity index (χ1v) is 8.18. The fourth-order valence-corrected chi connectivity index (χ4v) is 3.20. The summed E-state index contributed by atoms with van der Waals surface area (Å²) in [6.07, 6.45) is -2.50. The third-order valence-electron chi connectivity index (χ3n) is 3.70. The summed E-state index contributed by atoms with van der Waals surface area (Å²) in [5, 5.41) is 9.26. The number of fused-ring (bicyclic) bond motifs is 1. The highest BCUT2D eigenvalue weighted by Crippen LogP contribution is 2.30. The molecular formula is C13H13F3N4O2S. The van der Waals surface area contributed by atoms with E-state index in [-0.39, 0.29) is 13.1 Å². The first-order valence-electron chi connectivity index (χ1n) is 6.67. The minimum absolute atomic E-state index is 0.106. The van der Waals surface area contributed by atoms with E-state index in [2.05, 4.69) is 5.10 Å². The normalized spacial score (nSPS) is 16.3. The molecule has 1 aliphatic heterocycles. The number of benzene rings is 1. The lowest BCUT2D eigenvalue weighted by molar-refractivity contribution is -0.137. The lowest BCUT2D eigenvalue weighted by Gasteiger charge is -2.24. The minimum Gasteiger partial charge on any atom is -0.237 e. The van der Waals surface area contributed by atoms with Crippen LogP contribution in [-0.4, -0.2) is 29.0 Å². The van der Waals surface area contributed by atoms with Gasteiger partial charge in [0.1, 0.15) is 0 Å². The molecular weight excluding hydrogens is 333 g/mol. The quantitative estimate of drug-likeness (QED) is 0.894. The summed E-state index contributed by atoms with van der Waals surface area (Å²) < 4.78 is 63.2. The zero-order chi connectivity index (χ0) is 16.8. The molecule has 0 unspecified atom stereocenters. The third-order valence-corrected chi connectivity index (χ3v) is 4.73. The van der Waals surface area contributed by atoms with E-state index in [1.54, 1.807) is 0 Å². The van der Waals surface area contributed by atoms with E-state index in [0.717, 1.165) is 22.1 Å². The van der Waals surface area contributed by atoms with Gasteiger partial charge in [0.15, 0.2) is 0 Å². The first-order chi connectivity index (χ1) is 10.7. The smallest absolute Gasteiger partial charge is 0.237 e. The van der Waals surface area contributed by atoms with Gasteiger partial charge in [-0.3, -0.25) is 0 Å². The Morgan fingerprint density at radius 1 is 1.17 bits per heavy atom. The number of hydrogen-bond donors (Lipinski definition) is 1. The molecule has 6 nitrogen and oxygen atoms in total. The molecule has 2 aromatic rings. The number of hydrogen-bond acceptors (Lipinski definition) is 3. The zero-order valence-corrected chi connectivity index (χ0v) is 12.6. The number of nitrogens with zero attached hydrogens (tertiary/aromatic N) is 3. The van der Waals surface area contributed by atoms with Gasteiger partial charge in [0.2, 0.25) is 0 Å². The molecule has 1 aromatic carbocycles. The van der Waals surface area contributed by atoms with Crippen molar-refractivity contribution in [3.05, 3.63) is 47.3 Å². The summed E-state index contributed by atoms with van der Waals surface area (Å²) in [4.78, 5) is 0. The molecule has 2 N–H and O–H groups in total. The maximum absolute atomic E-state index is 12.6. The largest absolute Gasteiger partial charge is 0.416 e. The van der Waals surface area contributed by atoms with Gasteiger partial charge >= 0.3 is 6.18 Å². The molecule has 3 rings (SSSR count). The fraction of sp³-hybridized carbons (Fsp3) is 0.308. The second kappa shape index (κ2) is 5.32. The topological polar surface area (TPSA) is 81.2 Å². The molecule has 1 aromatic heterocycles. The predicted octanol–water partition coefficient (Wildman–Crippen LogP) is 1.45. The van der Waals surface area contributed by atoms with Crippen LogP contribution in [0.3, 0.4) is 0 Å². The Balaban J connectivity index is 1.91. The lowest BCUT2D eigenvalue weighted by Crippen LogP contribution is -2.40. The maximum Gasteiger partial charge on any atom is 0.416 e. The van der Waals surface area contributed by atoms with E-state index in [1.165, 1.54) is 23.0 Å². The first kappa shape index (κ1) is 16.0. The van der Waals surface area contributed by atoms with Crippen molar-refractivity contribution >= 4 is 10.2 Å². The average molecular weight is 346 g/mol. The van der Waals surface area contributed by atoms with Gasteiger partial charge < -0.3 is 0 Å². The molecule has 0 saturated carbocycles. The van der Waals surface area contributed by atoms with Gasteiger partial charge in [0.05, 0.1) is 23.1 Å². The molecule has 0 saturated heterocycles. The minimum atomic E-state index is -4.39. The molecule has 0 bridgehead atoms. The van der Waals surface area contributed by atoms with Crippen LogP contribution in [0.15, 0.2) is 30.5 Å². The molecule has 0 spiro atoms. The number of nitrogens with two attached hydrogens (primary N) is 1. The van der Waals surface area contributed by atoms with E-state index < -0.39 is 21.9 Å². The molecule has 23 heavy (non-hydrogen) atoms. The summed E-state index contributed by atoms with van der Waals surface area (Å²) >= 11 is 0. The van der Waals surface area contributed by atoms with Crippen LogP contribution in [0.5, 0.6) is 0 Å². The van der Waals surface area contributed by atoms with Gasteiger partial charge in [-0.25, -0.2) is 9.82 Å². The molecule has 0 radical (unpaired) electrons. The van der Waals surface area contributed by atoms with Crippen LogP contribution in [0.4, 0.5) is 13.2 Å². The average Bonchev–Trinajstić information content (AvgIpc) is 2.88. The van der Waals surface area contributed by atoms with E-state index in [4.69, 9.17) is 5.14 Å². The van der Waals surface area contributed by atoms with Crippen molar-refractivity contribution in [2.24, 2.45) is 5.14 Å². The number of rotatable bonds is 2. The summed E-state index contributed by atoms with van der Waals surface area (Å²) in [6, 6.07) is 4.65. The second-order valence-electron chi connectivity index (χ2n) is 5.20. The predicted molar refractivity (Wildman–Crippen MR) is 75.8 cm³/mol. The Hall–Kier alpha value is -1.91. The Bertz CT molecular complexity index is 828. The van der Waals surface area contributed by atoms with Crippen molar-refractivity contribution in [3.63, 3.8) is 0 Å². The number of halogens is 3. The van der Waals surface area contributed by atoms with E-state index in [9.17, 15) is 21.6 Å². The van der Waals surface area contributed by atoms with Crippen molar-refractivity contribution in [2.75, 3.05) is 6.54 Å². The molecule has 0 aliphatic carbocycles. The third kappa shape index (κ3) is 3.09. The van der Waals surface area contributed by atoms with E-state index >= 15 is 0 Å². The number of aromatic nitrogens is 2. The van der Waals surface area contributed by atoms with E-state index in [0.29, 0.717) is 17.7 Å². The Morgan fingerprint density at radius 2 is 1.83 bits per heavy atom. The van der Waals surface area contributed by atoms with Crippen LogP contribution in [0, 0.1) is 0 Å². The van der Waals surface area contributed by atoms with E-state index in [1.807, 2.05) is 0 Å². The molecule has 0 atom stereocenters. The SMILES string of the molecule is NS(=O)(=O)N1CCc2c(cnn2-c2ccc(C(F)(F)F)cc2)C1. The standard InChI is InChI=1S/C13H13F3N4O2S/c14-13(15,16)10-1-3-11(4-2-10)20-12-5-6-19(23(17,21)22)8-9(12)7-18-20/h1-4,7H,5-6,8H2,(H2,17,21,22). The van der Waals surface area contributed by atoms with Crippen molar-refractivity contribution in [1.29, 1.82) is 0 Å². The highest BCUT2D eigenvalue weighted by atomic mass is 32.2. The molecule has 2 heterocycles. The van der Waals surface area contributed by atoms with Gasteiger partial charge in [-0.05, 0) is 24.3 Å². The van der Waals surface area contributed by atoms with Gasteiger partial charge in [-0.15, -0.1) is 0 Å². The Kier molecular flexibility index (Phi) is 3.69. The fourth-order valence-electron chi connectivity index (χ4n) is 2.54. The van der Waals surface area contributed by atoms with Crippen LogP contribution >= 0.6 is 0 Å². The van der Waals surface area contributed by atoms with Crippen LogP contribution < -0.4 is 5.14 Å². The summed E-state index contributed by atoms with van der Waals surface area (Å²) in [7, 11) is -3.77. The summed E-state index contributed by atoms with van der Waals surface area (Å²) in [5.41, 5.74) is 1.21. The summed E-state index contributed by atoms with van der Waals surface area (Å²) in [5.74, 6) is 0. The second-order valence-corrected chi connectivity index (χ2v) is 6.75. The van der Waals surface area contributed by atoms with Gasteiger partial charge in [0, 0.05) is 25.1 Å².